The maximum atomic E-state index is 12.4. The number of ether oxygens (including phenoxy) is 2. The lowest BCUT2D eigenvalue weighted by Gasteiger charge is -2.17. The molecule has 1 aromatic carbocycles. The van der Waals surface area contributed by atoms with E-state index in [9.17, 15) is 18.4 Å². The number of methoxy groups -OCH3 is 1. The fourth-order valence-electron chi connectivity index (χ4n) is 1.85. The van der Waals surface area contributed by atoms with E-state index in [1.54, 1.807) is 18.0 Å². The molecular weight excluding hydrogens is 314 g/mol. The largest absolute Gasteiger partial charge is 0.493 e. The summed E-state index contributed by atoms with van der Waals surface area (Å²) in [4.78, 5) is 23.5. The second kappa shape index (κ2) is 8.89. The molecule has 0 aliphatic rings. The van der Waals surface area contributed by atoms with E-state index in [4.69, 9.17) is 9.84 Å². The van der Waals surface area contributed by atoms with Crippen LogP contribution in [0, 0.1) is 0 Å². The third-order valence-corrected chi connectivity index (χ3v) is 2.75. The molecule has 1 amide bonds. The third kappa shape index (κ3) is 6.92. The van der Waals surface area contributed by atoms with Crippen molar-refractivity contribution in [2.45, 2.75) is 13.2 Å². The fourth-order valence-corrected chi connectivity index (χ4v) is 1.85. The van der Waals surface area contributed by atoms with Gasteiger partial charge in [0.1, 0.15) is 6.54 Å². The van der Waals surface area contributed by atoms with Crippen molar-refractivity contribution >= 4 is 11.9 Å². The molecule has 0 fully saturated rings. The summed E-state index contributed by atoms with van der Waals surface area (Å²) in [6, 6.07) is 4.55. The predicted octanol–water partition coefficient (Wildman–Crippen LogP) is 0.929. The summed E-state index contributed by atoms with van der Waals surface area (Å²) in [5, 5.41) is 10.7. The second-order valence-electron chi connectivity index (χ2n) is 4.71. The number of alkyl halides is 2. The highest BCUT2D eigenvalue weighted by Gasteiger charge is 2.13. The molecule has 0 bridgehead atoms. The highest BCUT2D eigenvalue weighted by Crippen LogP contribution is 2.29. The van der Waals surface area contributed by atoms with E-state index in [-0.39, 0.29) is 24.6 Å². The van der Waals surface area contributed by atoms with Gasteiger partial charge in [-0.05, 0) is 24.7 Å². The quantitative estimate of drug-likeness (QED) is 0.699. The van der Waals surface area contributed by atoms with Crippen molar-refractivity contribution in [3.8, 4) is 11.5 Å². The molecule has 0 spiro atoms. The Hall–Kier alpha value is -2.42. The highest BCUT2D eigenvalue weighted by atomic mass is 19.3. The number of aliphatic carboxylic acids is 1. The van der Waals surface area contributed by atoms with Gasteiger partial charge in [0.15, 0.2) is 11.5 Å². The summed E-state index contributed by atoms with van der Waals surface area (Å²) in [6.45, 7) is -3.19. The first-order valence-electron chi connectivity index (χ1n) is 6.60. The minimum absolute atomic E-state index is 0.0374. The van der Waals surface area contributed by atoms with E-state index < -0.39 is 25.0 Å². The number of nitrogens with one attached hydrogen (secondary N) is 1. The Morgan fingerprint density at radius 3 is 2.61 bits per heavy atom. The zero-order valence-electron chi connectivity index (χ0n) is 12.7. The van der Waals surface area contributed by atoms with Crippen molar-refractivity contribution in [2.24, 2.45) is 0 Å². The lowest BCUT2D eigenvalue weighted by Crippen LogP contribution is -2.37. The molecule has 0 atom stereocenters. The number of rotatable bonds is 9. The number of nitrogens with zero attached hydrogens (tertiary/aromatic N) is 1. The number of halogens is 2. The molecule has 7 nitrogen and oxygen atoms in total. The summed E-state index contributed by atoms with van der Waals surface area (Å²) < 4.78 is 34.0. The van der Waals surface area contributed by atoms with Crippen molar-refractivity contribution < 1.29 is 33.0 Å². The molecule has 23 heavy (non-hydrogen) atoms. The molecule has 9 heteroatoms. The van der Waals surface area contributed by atoms with Crippen molar-refractivity contribution in [3.05, 3.63) is 23.8 Å². The fraction of sp³-hybridized carbons (Fsp3) is 0.429. The van der Waals surface area contributed by atoms with Crippen LogP contribution in [0.2, 0.25) is 0 Å². The van der Waals surface area contributed by atoms with Crippen LogP contribution in [-0.4, -0.2) is 55.7 Å². The SMILES string of the molecule is COc1ccc(CN(C)CC(=O)NCC(=O)O)cc1OC(F)F. The Balaban J connectivity index is 2.65. The zero-order valence-corrected chi connectivity index (χ0v) is 12.7. The van der Waals surface area contributed by atoms with E-state index in [1.165, 1.54) is 19.2 Å². The van der Waals surface area contributed by atoms with Crippen LogP contribution in [0.5, 0.6) is 11.5 Å². The molecule has 0 unspecified atom stereocenters. The van der Waals surface area contributed by atoms with Crippen molar-refractivity contribution in [1.29, 1.82) is 0 Å². The second-order valence-corrected chi connectivity index (χ2v) is 4.71. The third-order valence-electron chi connectivity index (χ3n) is 2.75. The first-order valence-corrected chi connectivity index (χ1v) is 6.60. The number of hydrogen-bond acceptors (Lipinski definition) is 5. The number of carbonyl (C=O) groups excluding carboxylic acids is 1. The van der Waals surface area contributed by atoms with Crippen LogP contribution < -0.4 is 14.8 Å². The topological polar surface area (TPSA) is 88.1 Å². The average molecular weight is 332 g/mol. The van der Waals surface area contributed by atoms with Gasteiger partial charge >= 0.3 is 12.6 Å². The minimum Gasteiger partial charge on any atom is -0.493 e. The van der Waals surface area contributed by atoms with E-state index in [1.807, 2.05) is 0 Å². The van der Waals surface area contributed by atoms with Gasteiger partial charge in [-0.1, -0.05) is 6.07 Å². The van der Waals surface area contributed by atoms with Gasteiger partial charge in [-0.2, -0.15) is 8.78 Å². The summed E-state index contributed by atoms with van der Waals surface area (Å²) in [5.41, 5.74) is 0.634. The molecule has 0 aliphatic carbocycles. The average Bonchev–Trinajstić information content (AvgIpc) is 2.44. The smallest absolute Gasteiger partial charge is 0.387 e. The predicted molar refractivity (Wildman–Crippen MR) is 76.6 cm³/mol. The summed E-state index contributed by atoms with van der Waals surface area (Å²) >= 11 is 0. The van der Waals surface area contributed by atoms with Gasteiger partial charge in [0.2, 0.25) is 5.91 Å². The minimum atomic E-state index is -2.97. The van der Waals surface area contributed by atoms with E-state index >= 15 is 0 Å². The molecule has 0 saturated carbocycles. The lowest BCUT2D eigenvalue weighted by molar-refractivity contribution is -0.138. The highest BCUT2D eigenvalue weighted by molar-refractivity contribution is 5.82. The monoisotopic (exact) mass is 332 g/mol. The Labute approximate surface area is 131 Å². The number of carboxylic acid groups (broad SMARTS) is 1. The maximum absolute atomic E-state index is 12.4. The number of likely N-dealkylation sites (N-methyl/N-ethyl adjacent to an activating group) is 1. The van der Waals surface area contributed by atoms with Crippen LogP contribution in [0.15, 0.2) is 18.2 Å². The summed E-state index contributed by atoms with van der Waals surface area (Å²) in [6.07, 6.45) is 0. The molecular formula is C14H18F2N2O5. The number of carboxylic acids is 1. The van der Waals surface area contributed by atoms with Crippen LogP contribution in [0.25, 0.3) is 0 Å². The standard InChI is InChI=1S/C14H18F2N2O5/c1-18(8-12(19)17-6-13(20)21)7-9-3-4-10(22-2)11(5-9)23-14(15)16/h3-5,14H,6-8H2,1-2H3,(H,17,19)(H,20,21). The maximum Gasteiger partial charge on any atom is 0.387 e. The van der Waals surface area contributed by atoms with Gasteiger partial charge < -0.3 is 19.9 Å². The molecule has 0 radical (unpaired) electrons. The van der Waals surface area contributed by atoms with Gasteiger partial charge in [0.05, 0.1) is 13.7 Å². The Morgan fingerprint density at radius 2 is 2.04 bits per heavy atom. The van der Waals surface area contributed by atoms with E-state index in [0.29, 0.717) is 5.56 Å². The Morgan fingerprint density at radius 1 is 1.35 bits per heavy atom. The molecule has 1 rings (SSSR count). The molecule has 0 aliphatic heterocycles. The van der Waals surface area contributed by atoms with Crippen molar-refractivity contribution in [1.82, 2.24) is 10.2 Å². The van der Waals surface area contributed by atoms with Crippen LogP contribution in [0.1, 0.15) is 5.56 Å². The van der Waals surface area contributed by atoms with E-state index in [0.717, 1.165) is 0 Å². The number of amides is 1. The van der Waals surface area contributed by atoms with E-state index in [2.05, 4.69) is 10.1 Å². The first kappa shape index (κ1) is 18.6. The first-order chi connectivity index (χ1) is 10.8. The summed E-state index contributed by atoms with van der Waals surface area (Å²) in [5.74, 6) is -1.50. The Bertz CT molecular complexity index is 554. The molecule has 0 saturated heterocycles. The molecule has 1 aromatic rings. The van der Waals surface area contributed by atoms with Gasteiger partial charge in [0, 0.05) is 6.54 Å². The van der Waals surface area contributed by atoms with Crippen molar-refractivity contribution in [2.75, 3.05) is 27.2 Å². The number of benzene rings is 1. The van der Waals surface area contributed by atoms with Gasteiger partial charge in [-0.3, -0.25) is 14.5 Å². The summed E-state index contributed by atoms with van der Waals surface area (Å²) in [7, 11) is 2.98. The normalized spacial score (nSPS) is 10.7. The van der Waals surface area contributed by atoms with Crippen LogP contribution >= 0.6 is 0 Å². The van der Waals surface area contributed by atoms with Crippen LogP contribution in [0.3, 0.4) is 0 Å². The molecule has 2 N–H and O–H groups in total. The van der Waals surface area contributed by atoms with Gasteiger partial charge in [0.25, 0.3) is 0 Å². The number of carbonyl (C=O) groups is 2. The lowest BCUT2D eigenvalue weighted by atomic mass is 10.2. The molecule has 128 valence electrons. The molecule has 0 heterocycles. The van der Waals surface area contributed by atoms with Crippen molar-refractivity contribution in [3.63, 3.8) is 0 Å². The zero-order chi connectivity index (χ0) is 17.4. The number of hydrogen-bond donors (Lipinski definition) is 2. The van der Waals surface area contributed by atoms with Gasteiger partial charge in [-0.25, -0.2) is 0 Å². The molecule has 0 aromatic heterocycles. The van der Waals surface area contributed by atoms with Gasteiger partial charge in [-0.15, -0.1) is 0 Å². The van der Waals surface area contributed by atoms with Crippen LogP contribution in [0.4, 0.5) is 8.78 Å². The van der Waals surface area contributed by atoms with Crippen LogP contribution in [-0.2, 0) is 16.1 Å². The Kier molecular flexibility index (Phi) is 7.20.